The largest absolute Gasteiger partial charge is 0.367 e. The molecule has 1 aromatic rings. The third kappa shape index (κ3) is 3.32. The molecule has 18 heavy (non-hydrogen) atoms. The molecule has 0 saturated carbocycles. The first-order chi connectivity index (χ1) is 8.77. The van der Waals surface area contributed by atoms with Gasteiger partial charge in [0.25, 0.3) is 5.91 Å². The molecule has 0 radical (unpaired) electrons. The zero-order chi connectivity index (χ0) is 12.8. The Morgan fingerprint density at radius 1 is 1.39 bits per heavy atom. The number of carbonyl (C=O) groups excluding carboxylic acids is 1. The van der Waals surface area contributed by atoms with Crippen molar-refractivity contribution in [3.63, 3.8) is 0 Å². The van der Waals surface area contributed by atoms with E-state index in [2.05, 4.69) is 16.4 Å². The summed E-state index contributed by atoms with van der Waals surface area (Å²) in [6.07, 6.45) is 10.9. The Balaban J connectivity index is 1.84. The highest BCUT2D eigenvalue weighted by atomic mass is 16.2. The van der Waals surface area contributed by atoms with Crippen LogP contribution in [0.4, 0.5) is 0 Å². The number of amides is 1. The molecule has 1 amide bonds. The first-order valence-corrected chi connectivity index (χ1v) is 6.40. The summed E-state index contributed by atoms with van der Waals surface area (Å²) < 4.78 is 0. The average Bonchev–Trinajstić information content (AvgIpc) is 2.40. The van der Waals surface area contributed by atoms with E-state index in [9.17, 15) is 9.59 Å². The van der Waals surface area contributed by atoms with Gasteiger partial charge in [-0.05, 0) is 32.1 Å². The Labute approximate surface area is 106 Å². The van der Waals surface area contributed by atoms with Crippen LogP contribution in [-0.4, -0.2) is 17.4 Å². The summed E-state index contributed by atoms with van der Waals surface area (Å²) in [5, 5.41) is 2.79. The summed E-state index contributed by atoms with van der Waals surface area (Å²) in [5.41, 5.74) is 1.35. The van der Waals surface area contributed by atoms with Gasteiger partial charge < -0.3 is 10.3 Å². The molecule has 96 valence electrons. The Hall–Kier alpha value is -1.84. The van der Waals surface area contributed by atoms with Gasteiger partial charge in [-0.15, -0.1) is 0 Å². The normalized spacial score (nSPS) is 15.0. The Morgan fingerprint density at radius 3 is 3.00 bits per heavy atom. The molecule has 0 fully saturated rings. The van der Waals surface area contributed by atoms with E-state index < -0.39 is 0 Å². The number of carbonyl (C=O) groups is 1. The van der Waals surface area contributed by atoms with Crippen molar-refractivity contribution < 1.29 is 4.79 Å². The van der Waals surface area contributed by atoms with Crippen LogP contribution in [0.1, 0.15) is 42.5 Å². The van der Waals surface area contributed by atoms with Crippen LogP contribution in [0.2, 0.25) is 0 Å². The number of H-pyrrole nitrogens is 1. The first kappa shape index (κ1) is 12.6. The van der Waals surface area contributed by atoms with Crippen molar-refractivity contribution in [1.82, 2.24) is 10.3 Å². The second kappa shape index (κ2) is 6.19. The van der Waals surface area contributed by atoms with Gasteiger partial charge >= 0.3 is 0 Å². The van der Waals surface area contributed by atoms with Gasteiger partial charge in [-0.2, -0.15) is 0 Å². The lowest BCUT2D eigenvalue weighted by molar-refractivity contribution is 0.0952. The van der Waals surface area contributed by atoms with E-state index in [4.69, 9.17) is 0 Å². The fraction of sp³-hybridized carbons (Fsp3) is 0.429. The lowest BCUT2D eigenvalue weighted by Crippen LogP contribution is -2.29. The molecule has 0 unspecified atom stereocenters. The second-order valence-electron chi connectivity index (χ2n) is 4.54. The molecule has 1 aromatic heterocycles. The highest BCUT2D eigenvalue weighted by molar-refractivity contribution is 5.93. The van der Waals surface area contributed by atoms with E-state index in [0.717, 1.165) is 19.3 Å². The van der Waals surface area contributed by atoms with Crippen molar-refractivity contribution >= 4 is 5.91 Å². The summed E-state index contributed by atoms with van der Waals surface area (Å²) in [6, 6.07) is 1.36. The average molecular weight is 246 g/mol. The van der Waals surface area contributed by atoms with Crippen LogP contribution < -0.4 is 10.7 Å². The Bertz CT molecular complexity index is 503. The molecule has 4 heteroatoms. The van der Waals surface area contributed by atoms with Crippen LogP contribution in [0.3, 0.4) is 0 Å². The number of hydrogen-bond donors (Lipinski definition) is 2. The van der Waals surface area contributed by atoms with Crippen molar-refractivity contribution in [1.29, 1.82) is 0 Å². The van der Waals surface area contributed by atoms with Gasteiger partial charge in [0.15, 0.2) is 5.43 Å². The van der Waals surface area contributed by atoms with E-state index in [0.29, 0.717) is 6.54 Å². The number of nitrogens with one attached hydrogen (secondary N) is 2. The van der Waals surface area contributed by atoms with E-state index >= 15 is 0 Å². The van der Waals surface area contributed by atoms with Gasteiger partial charge in [0.2, 0.25) is 0 Å². The van der Waals surface area contributed by atoms with Gasteiger partial charge in [-0.3, -0.25) is 9.59 Å². The van der Waals surface area contributed by atoms with Crippen molar-refractivity contribution in [3.05, 3.63) is 45.9 Å². The van der Waals surface area contributed by atoms with Crippen molar-refractivity contribution in [3.8, 4) is 0 Å². The standard InChI is InChI=1S/C14H18N2O2/c17-13-7-8-15-10-12(13)14(18)16-9-6-11-4-2-1-3-5-11/h4,7-8,10H,1-3,5-6,9H2,(H,15,17)(H,16,18). The number of pyridine rings is 1. The molecule has 1 aliphatic carbocycles. The highest BCUT2D eigenvalue weighted by Crippen LogP contribution is 2.19. The van der Waals surface area contributed by atoms with E-state index in [1.165, 1.54) is 36.9 Å². The lowest BCUT2D eigenvalue weighted by atomic mass is 9.97. The SMILES string of the molecule is O=C(NCCC1=CCCCC1)c1c[nH]ccc1=O. The number of aromatic amines is 1. The summed E-state index contributed by atoms with van der Waals surface area (Å²) in [6.45, 7) is 0.596. The van der Waals surface area contributed by atoms with Crippen LogP contribution in [0.25, 0.3) is 0 Å². The molecular weight excluding hydrogens is 228 g/mol. The molecule has 0 atom stereocenters. The molecule has 1 heterocycles. The van der Waals surface area contributed by atoms with Crippen LogP contribution in [0.15, 0.2) is 34.9 Å². The minimum Gasteiger partial charge on any atom is -0.367 e. The summed E-state index contributed by atoms with van der Waals surface area (Å²) in [7, 11) is 0. The number of allylic oxidation sites excluding steroid dienone is 1. The quantitative estimate of drug-likeness (QED) is 0.798. The fourth-order valence-electron chi connectivity index (χ4n) is 2.16. The van der Waals surface area contributed by atoms with Crippen LogP contribution in [0.5, 0.6) is 0 Å². The van der Waals surface area contributed by atoms with Crippen LogP contribution >= 0.6 is 0 Å². The fourth-order valence-corrected chi connectivity index (χ4v) is 2.16. The Morgan fingerprint density at radius 2 is 2.28 bits per heavy atom. The molecule has 1 aliphatic rings. The van der Waals surface area contributed by atoms with Gasteiger partial charge in [0.05, 0.1) is 0 Å². The number of rotatable bonds is 4. The number of hydrogen-bond acceptors (Lipinski definition) is 2. The maximum Gasteiger partial charge on any atom is 0.256 e. The molecule has 0 aromatic carbocycles. The van der Waals surface area contributed by atoms with E-state index in [1.807, 2.05) is 0 Å². The van der Waals surface area contributed by atoms with Crippen LogP contribution in [-0.2, 0) is 0 Å². The third-order valence-corrected chi connectivity index (χ3v) is 3.19. The third-order valence-electron chi connectivity index (χ3n) is 3.19. The molecule has 0 aliphatic heterocycles. The van der Waals surface area contributed by atoms with E-state index in [-0.39, 0.29) is 16.9 Å². The lowest BCUT2D eigenvalue weighted by Gasteiger charge is -2.12. The summed E-state index contributed by atoms with van der Waals surface area (Å²) >= 11 is 0. The van der Waals surface area contributed by atoms with Gasteiger partial charge in [0.1, 0.15) is 5.56 Å². The smallest absolute Gasteiger partial charge is 0.256 e. The molecule has 2 rings (SSSR count). The molecule has 0 spiro atoms. The summed E-state index contributed by atoms with van der Waals surface area (Å²) in [4.78, 5) is 25.9. The molecule has 2 N–H and O–H groups in total. The van der Waals surface area contributed by atoms with E-state index in [1.54, 1.807) is 0 Å². The zero-order valence-electron chi connectivity index (χ0n) is 10.4. The molecule has 0 saturated heterocycles. The van der Waals surface area contributed by atoms with Gasteiger partial charge in [0, 0.05) is 25.0 Å². The monoisotopic (exact) mass is 246 g/mol. The van der Waals surface area contributed by atoms with Crippen molar-refractivity contribution in [2.24, 2.45) is 0 Å². The predicted octanol–water partition coefficient (Wildman–Crippen LogP) is 2.00. The first-order valence-electron chi connectivity index (χ1n) is 6.40. The van der Waals surface area contributed by atoms with Gasteiger partial charge in [-0.25, -0.2) is 0 Å². The van der Waals surface area contributed by atoms with Crippen LogP contribution in [0, 0.1) is 0 Å². The topological polar surface area (TPSA) is 62.0 Å². The van der Waals surface area contributed by atoms with Crippen molar-refractivity contribution in [2.75, 3.05) is 6.54 Å². The minimum absolute atomic E-state index is 0.176. The maximum absolute atomic E-state index is 11.8. The van der Waals surface area contributed by atoms with Crippen molar-refractivity contribution in [2.45, 2.75) is 32.1 Å². The number of aromatic nitrogens is 1. The maximum atomic E-state index is 11.8. The minimum atomic E-state index is -0.298. The van der Waals surface area contributed by atoms with Gasteiger partial charge in [-0.1, -0.05) is 11.6 Å². The predicted molar refractivity (Wildman–Crippen MR) is 70.6 cm³/mol. The molecular formula is C14H18N2O2. The second-order valence-corrected chi connectivity index (χ2v) is 4.54. The Kier molecular flexibility index (Phi) is 4.34. The zero-order valence-corrected chi connectivity index (χ0v) is 10.4. The molecule has 4 nitrogen and oxygen atoms in total. The highest BCUT2D eigenvalue weighted by Gasteiger charge is 2.09. The molecule has 0 bridgehead atoms. The summed E-state index contributed by atoms with van der Waals surface area (Å²) in [5.74, 6) is -0.298.